The molecule has 4 aromatic rings. The monoisotopic (exact) mass is 448 g/mol. The first kappa shape index (κ1) is 18.9. The molecule has 2 N–H and O–H groups in total. The number of benzene rings is 2. The van der Waals surface area contributed by atoms with Gasteiger partial charge in [0.1, 0.15) is 5.82 Å². The number of hydrogen-bond acceptors (Lipinski definition) is 4. The number of aromatic carboxylic acids is 1. The van der Waals surface area contributed by atoms with Crippen molar-refractivity contribution in [2.24, 2.45) is 0 Å². The van der Waals surface area contributed by atoms with E-state index in [4.69, 9.17) is 10.2 Å². The van der Waals surface area contributed by atoms with Crippen LogP contribution in [0.5, 0.6) is 0 Å². The van der Waals surface area contributed by atoms with E-state index < -0.39 is 5.97 Å². The van der Waals surface area contributed by atoms with Crippen LogP contribution in [0.15, 0.2) is 83.6 Å². The van der Waals surface area contributed by atoms with Crippen molar-refractivity contribution in [2.45, 2.75) is 6.54 Å². The van der Waals surface area contributed by atoms with Gasteiger partial charge in [-0.15, -0.1) is 0 Å². The Morgan fingerprint density at radius 3 is 2.55 bits per heavy atom. The van der Waals surface area contributed by atoms with Gasteiger partial charge in [-0.3, -0.25) is 0 Å². The molecule has 7 heteroatoms. The highest BCUT2D eigenvalue weighted by molar-refractivity contribution is 9.10. The number of aromatic nitrogens is 3. The standard InChI is InChI=1S/C22H17BrN4O2/c23-18-8-6-15(7-9-18)21-17(14-27(26-21)19-4-2-1-3-5-19)13-25-20-12-16(22(28)29)10-11-24-20/h1-12,14H,13H2,(H,24,25)(H,28,29). The zero-order valence-electron chi connectivity index (χ0n) is 15.3. The number of carbonyl (C=O) groups is 1. The number of nitrogens with zero attached hydrogens (tertiary/aromatic N) is 3. The third-order valence-corrected chi connectivity index (χ3v) is 4.92. The maximum Gasteiger partial charge on any atom is 0.335 e. The van der Waals surface area contributed by atoms with Crippen molar-refractivity contribution in [3.05, 3.63) is 94.7 Å². The molecular weight excluding hydrogens is 432 g/mol. The summed E-state index contributed by atoms with van der Waals surface area (Å²) in [5.74, 6) is -0.484. The van der Waals surface area contributed by atoms with Gasteiger partial charge in [0.25, 0.3) is 0 Å². The summed E-state index contributed by atoms with van der Waals surface area (Å²) in [6.45, 7) is 0.453. The lowest BCUT2D eigenvalue weighted by atomic mass is 10.1. The molecule has 2 heterocycles. The summed E-state index contributed by atoms with van der Waals surface area (Å²) in [7, 11) is 0. The van der Waals surface area contributed by atoms with Crippen LogP contribution in [-0.4, -0.2) is 25.8 Å². The van der Waals surface area contributed by atoms with Crippen molar-refractivity contribution in [2.75, 3.05) is 5.32 Å². The molecule has 0 unspecified atom stereocenters. The van der Waals surface area contributed by atoms with Crippen molar-refractivity contribution >= 4 is 27.7 Å². The van der Waals surface area contributed by atoms with Crippen LogP contribution in [0.2, 0.25) is 0 Å². The number of carboxylic acid groups (broad SMARTS) is 1. The number of pyridine rings is 1. The molecule has 6 nitrogen and oxygen atoms in total. The van der Waals surface area contributed by atoms with E-state index in [1.54, 1.807) is 0 Å². The summed E-state index contributed by atoms with van der Waals surface area (Å²) < 4.78 is 2.84. The fourth-order valence-corrected chi connectivity index (χ4v) is 3.21. The highest BCUT2D eigenvalue weighted by Gasteiger charge is 2.13. The van der Waals surface area contributed by atoms with E-state index in [2.05, 4.69) is 26.2 Å². The molecule has 0 radical (unpaired) electrons. The van der Waals surface area contributed by atoms with Gasteiger partial charge in [-0.1, -0.05) is 46.3 Å². The molecule has 0 saturated heterocycles. The van der Waals surface area contributed by atoms with E-state index in [1.807, 2.05) is 65.5 Å². The molecule has 0 atom stereocenters. The van der Waals surface area contributed by atoms with Crippen LogP contribution in [0.4, 0.5) is 5.82 Å². The Bertz CT molecular complexity index is 1140. The average molecular weight is 449 g/mol. The van der Waals surface area contributed by atoms with Gasteiger partial charge in [0.15, 0.2) is 0 Å². The predicted octanol–water partition coefficient (Wildman–Crippen LogP) is 5.01. The first-order valence-electron chi connectivity index (χ1n) is 8.93. The Balaban J connectivity index is 1.67. The minimum atomic E-state index is -0.983. The Hall–Kier alpha value is -3.45. The quantitative estimate of drug-likeness (QED) is 0.433. The normalized spacial score (nSPS) is 10.7. The molecule has 0 spiro atoms. The Labute approximate surface area is 176 Å². The lowest BCUT2D eigenvalue weighted by Gasteiger charge is -2.07. The number of carboxylic acids is 1. The summed E-state index contributed by atoms with van der Waals surface area (Å²) in [4.78, 5) is 15.4. The molecule has 2 aromatic carbocycles. The fraction of sp³-hybridized carbons (Fsp3) is 0.0455. The van der Waals surface area contributed by atoms with Gasteiger partial charge in [-0.2, -0.15) is 5.10 Å². The molecule has 4 rings (SSSR count). The maximum absolute atomic E-state index is 11.2. The maximum atomic E-state index is 11.2. The van der Waals surface area contributed by atoms with Crippen LogP contribution >= 0.6 is 15.9 Å². The van der Waals surface area contributed by atoms with E-state index in [0.29, 0.717) is 12.4 Å². The van der Waals surface area contributed by atoms with Crippen LogP contribution in [0.3, 0.4) is 0 Å². The van der Waals surface area contributed by atoms with Crippen LogP contribution in [0.25, 0.3) is 16.9 Å². The molecule has 0 fully saturated rings. The topological polar surface area (TPSA) is 80.0 Å². The molecule has 2 aromatic heterocycles. The molecule has 0 amide bonds. The van der Waals surface area contributed by atoms with E-state index in [9.17, 15) is 4.79 Å². The third-order valence-electron chi connectivity index (χ3n) is 4.40. The summed E-state index contributed by atoms with van der Waals surface area (Å²) in [6.07, 6.45) is 3.45. The van der Waals surface area contributed by atoms with Crippen molar-refractivity contribution < 1.29 is 9.90 Å². The SMILES string of the molecule is O=C(O)c1ccnc(NCc2cn(-c3ccccc3)nc2-c2ccc(Br)cc2)c1. The van der Waals surface area contributed by atoms with Gasteiger partial charge in [0.05, 0.1) is 16.9 Å². The summed E-state index contributed by atoms with van der Waals surface area (Å²) in [5.41, 5.74) is 3.97. The Kier molecular flexibility index (Phi) is 5.39. The second-order valence-corrected chi connectivity index (χ2v) is 7.29. The first-order chi connectivity index (χ1) is 14.1. The van der Waals surface area contributed by atoms with Gasteiger partial charge >= 0.3 is 5.97 Å². The largest absolute Gasteiger partial charge is 0.478 e. The molecular formula is C22H17BrN4O2. The zero-order chi connectivity index (χ0) is 20.2. The predicted molar refractivity (Wildman–Crippen MR) is 115 cm³/mol. The molecule has 0 bridgehead atoms. The first-order valence-corrected chi connectivity index (χ1v) is 9.72. The lowest BCUT2D eigenvalue weighted by molar-refractivity contribution is 0.0697. The average Bonchev–Trinajstić information content (AvgIpc) is 3.18. The van der Waals surface area contributed by atoms with Crippen molar-refractivity contribution in [1.82, 2.24) is 14.8 Å². The minimum Gasteiger partial charge on any atom is -0.478 e. The third kappa shape index (κ3) is 4.35. The lowest BCUT2D eigenvalue weighted by Crippen LogP contribution is -2.04. The van der Waals surface area contributed by atoms with E-state index in [1.165, 1.54) is 18.3 Å². The number of nitrogens with one attached hydrogen (secondary N) is 1. The molecule has 0 aliphatic heterocycles. The molecule has 144 valence electrons. The van der Waals surface area contributed by atoms with E-state index in [-0.39, 0.29) is 5.56 Å². The highest BCUT2D eigenvalue weighted by atomic mass is 79.9. The van der Waals surface area contributed by atoms with E-state index in [0.717, 1.165) is 27.0 Å². The fourth-order valence-electron chi connectivity index (χ4n) is 2.95. The summed E-state index contributed by atoms with van der Waals surface area (Å²) >= 11 is 3.46. The van der Waals surface area contributed by atoms with Crippen molar-refractivity contribution in [1.29, 1.82) is 0 Å². The molecule has 0 aliphatic rings. The van der Waals surface area contributed by atoms with Gasteiger partial charge in [0.2, 0.25) is 0 Å². The van der Waals surface area contributed by atoms with Gasteiger partial charge in [-0.25, -0.2) is 14.5 Å². The van der Waals surface area contributed by atoms with Crippen LogP contribution in [0, 0.1) is 0 Å². The highest BCUT2D eigenvalue weighted by Crippen LogP contribution is 2.26. The van der Waals surface area contributed by atoms with Gasteiger partial charge in [-0.05, 0) is 36.4 Å². The van der Waals surface area contributed by atoms with Gasteiger partial charge in [0, 0.05) is 34.5 Å². The minimum absolute atomic E-state index is 0.190. The number of hydrogen-bond donors (Lipinski definition) is 2. The second kappa shape index (κ2) is 8.28. The van der Waals surface area contributed by atoms with Crippen molar-refractivity contribution in [3.8, 4) is 16.9 Å². The zero-order valence-corrected chi connectivity index (χ0v) is 16.9. The number of halogens is 1. The smallest absolute Gasteiger partial charge is 0.335 e. The summed E-state index contributed by atoms with van der Waals surface area (Å²) in [6, 6.07) is 20.8. The van der Waals surface area contributed by atoms with Crippen LogP contribution in [-0.2, 0) is 6.54 Å². The molecule has 29 heavy (non-hydrogen) atoms. The summed E-state index contributed by atoms with van der Waals surface area (Å²) in [5, 5.41) is 17.2. The van der Waals surface area contributed by atoms with Gasteiger partial charge < -0.3 is 10.4 Å². The number of rotatable bonds is 6. The van der Waals surface area contributed by atoms with E-state index >= 15 is 0 Å². The second-order valence-electron chi connectivity index (χ2n) is 6.38. The van der Waals surface area contributed by atoms with Crippen molar-refractivity contribution in [3.63, 3.8) is 0 Å². The molecule has 0 aliphatic carbocycles. The number of anilines is 1. The molecule has 0 saturated carbocycles. The van der Waals surface area contributed by atoms with Crippen LogP contribution < -0.4 is 5.32 Å². The Morgan fingerprint density at radius 1 is 1.07 bits per heavy atom. The van der Waals surface area contributed by atoms with Crippen LogP contribution in [0.1, 0.15) is 15.9 Å². The Morgan fingerprint density at radius 2 is 1.83 bits per heavy atom. The number of para-hydroxylation sites is 1.